The summed E-state index contributed by atoms with van der Waals surface area (Å²) >= 11 is 0. The predicted octanol–water partition coefficient (Wildman–Crippen LogP) is 5.66. The maximum absolute atomic E-state index is 12.8. The number of ether oxygens (including phenoxy) is 2. The largest absolute Gasteiger partial charge is 0.462 e. The van der Waals surface area contributed by atoms with E-state index in [-0.39, 0.29) is 26.4 Å². The summed E-state index contributed by atoms with van der Waals surface area (Å²) in [5.41, 5.74) is 0.0844. The summed E-state index contributed by atoms with van der Waals surface area (Å²) in [6, 6.07) is 0. The first kappa shape index (κ1) is 30.4. The Morgan fingerprint density at radius 2 is 0.941 bits per heavy atom. The van der Waals surface area contributed by atoms with Gasteiger partial charge in [0.2, 0.25) is 0 Å². The molecule has 0 heterocycles. The molecular weight excluding hydrogens is 432 g/mol. The van der Waals surface area contributed by atoms with E-state index in [1.807, 2.05) is 27.7 Å². The zero-order chi connectivity index (χ0) is 25.5. The minimum Gasteiger partial charge on any atom is -0.462 e. The van der Waals surface area contributed by atoms with Crippen LogP contribution in [-0.2, 0) is 19.1 Å². The fraction of sp³-hybridized carbons (Fsp3) is 0.786. The fourth-order valence-corrected chi connectivity index (χ4v) is 3.55. The van der Waals surface area contributed by atoms with E-state index in [0.717, 1.165) is 38.5 Å². The van der Waals surface area contributed by atoms with E-state index in [9.17, 15) is 19.8 Å². The van der Waals surface area contributed by atoms with Gasteiger partial charge >= 0.3 is 11.9 Å². The van der Waals surface area contributed by atoms with Crippen molar-refractivity contribution < 1.29 is 29.3 Å². The zero-order valence-corrected chi connectivity index (χ0v) is 22.0. The van der Waals surface area contributed by atoms with Gasteiger partial charge in [0.05, 0.1) is 26.4 Å². The molecule has 6 heteroatoms. The molecule has 0 fully saturated rings. The second-order valence-electron chi connectivity index (χ2n) is 11.2. The van der Waals surface area contributed by atoms with Crippen molar-refractivity contribution in [1.29, 1.82) is 0 Å². The van der Waals surface area contributed by atoms with E-state index in [1.54, 1.807) is 12.2 Å². The number of hydrogen-bond donors (Lipinski definition) is 2. The number of aliphatic hydroxyl groups is 2. The first-order chi connectivity index (χ1) is 16.1. The molecule has 0 saturated carbocycles. The van der Waals surface area contributed by atoms with Crippen molar-refractivity contribution in [2.75, 3.05) is 26.4 Å². The van der Waals surface area contributed by atoms with Gasteiger partial charge in [0, 0.05) is 22.0 Å². The molecule has 0 aromatic rings. The maximum Gasteiger partial charge on any atom is 0.334 e. The number of hydrogen-bond acceptors (Lipinski definition) is 6. The van der Waals surface area contributed by atoms with Crippen LogP contribution < -0.4 is 0 Å². The SMILES string of the molecule is CC(C)(CO)COC(=O)/C1=C\C=C(/C(=O)OCC(C)(C)CO)CCCCCCCCCCCC1. The van der Waals surface area contributed by atoms with Gasteiger partial charge in [-0.3, -0.25) is 0 Å². The lowest BCUT2D eigenvalue weighted by molar-refractivity contribution is -0.143. The summed E-state index contributed by atoms with van der Waals surface area (Å²) in [6.07, 6.45) is 15.8. The Hall–Kier alpha value is -1.66. The van der Waals surface area contributed by atoms with Crippen LogP contribution in [-0.4, -0.2) is 48.6 Å². The molecule has 6 nitrogen and oxygen atoms in total. The van der Waals surface area contributed by atoms with E-state index in [2.05, 4.69) is 0 Å². The summed E-state index contributed by atoms with van der Waals surface area (Å²) in [5, 5.41) is 18.9. The highest BCUT2D eigenvalue weighted by Crippen LogP contribution is 2.21. The summed E-state index contributed by atoms with van der Waals surface area (Å²) in [4.78, 5) is 25.7. The van der Waals surface area contributed by atoms with Crippen LogP contribution in [0.3, 0.4) is 0 Å². The third-order valence-electron chi connectivity index (χ3n) is 6.20. The average Bonchev–Trinajstić information content (AvgIpc) is 2.81. The van der Waals surface area contributed by atoms with Gasteiger partial charge in [-0.2, -0.15) is 0 Å². The Morgan fingerprint density at radius 1 is 0.647 bits per heavy atom. The monoisotopic (exact) mass is 480 g/mol. The molecule has 1 aliphatic rings. The van der Waals surface area contributed by atoms with Crippen molar-refractivity contribution in [3.8, 4) is 0 Å². The van der Waals surface area contributed by atoms with Crippen molar-refractivity contribution in [1.82, 2.24) is 0 Å². The summed E-state index contributed by atoms with van der Waals surface area (Å²) in [6.45, 7) is 7.50. The van der Waals surface area contributed by atoms with Crippen LogP contribution in [0.25, 0.3) is 0 Å². The highest BCUT2D eigenvalue weighted by molar-refractivity contribution is 5.91. The van der Waals surface area contributed by atoms with Crippen LogP contribution in [0.5, 0.6) is 0 Å². The second kappa shape index (κ2) is 16.1. The molecule has 2 N–H and O–H groups in total. The molecular formula is C28H48O6. The van der Waals surface area contributed by atoms with Crippen molar-refractivity contribution in [2.45, 2.75) is 105 Å². The minimum absolute atomic E-state index is 0.0700. The summed E-state index contributed by atoms with van der Waals surface area (Å²) in [5.74, 6) is -0.791. The molecule has 0 aromatic heterocycles. The molecule has 1 aliphatic carbocycles. The number of carbonyl (C=O) groups excluding carboxylic acids is 2. The summed E-state index contributed by atoms with van der Waals surface area (Å²) < 4.78 is 11.0. The van der Waals surface area contributed by atoms with Crippen LogP contribution in [0, 0.1) is 10.8 Å². The van der Waals surface area contributed by atoms with Crippen LogP contribution >= 0.6 is 0 Å². The van der Waals surface area contributed by atoms with Crippen molar-refractivity contribution >= 4 is 11.9 Å². The molecule has 0 unspecified atom stereocenters. The van der Waals surface area contributed by atoms with Gasteiger partial charge in [0.25, 0.3) is 0 Å². The lowest BCUT2D eigenvalue weighted by atomic mass is 9.96. The standard InChI is InChI=1S/C28H48O6/c1-27(2,19-29)21-33-25(31)23-15-13-11-9-7-5-6-8-10-12-14-16-24(18-17-23)26(32)34-22-28(3,4)20-30/h17-18,29-30H,5-16,19-22H2,1-4H3/b23-17-,24-18-. The quantitative estimate of drug-likeness (QED) is 0.436. The van der Waals surface area contributed by atoms with E-state index < -0.39 is 22.8 Å². The number of rotatable bonds is 8. The average molecular weight is 481 g/mol. The molecule has 0 amide bonds. The van der Waals surface area contributed by atoms with Crippen molar-refractivity contribution in [3.63, 3.8) is 0 Å². The molecule has 34 heavy (non-hydrogen) atoms. The fourth-order valence-electron chi connectivity index (χ4n) is 3.55. The van der Waals surface area contributed by atoms with Gasteiger partial charge in [-0.1, -0.05) is 91.2 Å². The molecule has 0 aliphatic heterocycles. The predicted molar refractivity (Wildman–Crippen MR) is 135 cm³/mol. The second-order valence-corrected chi connectivity index (χ2v) is 11.2. The van der Waals surface area contributed by atoms with Gasteiger partial charge in [0.1, 0.15) is 0 Å². The first-order valence-corrected chi connectivity index (χ1v) is 13.1. The molecule has 1 rings (SSSR count). The first-order valence-electron chi connectivity index (χ1n) is 13.1. The Bertz CT molecular complexity index is 616. The minimum atomic E-state index is -0.501. The Morgan fingerprint density at radius 3 is 1.24 bits per heavy atom. The maximum atomic E-state index is 12.8. The summed E-state index contributed by atoms with van der Waals surface area (Å²) in [7, 11) is 0. The van der Waals surface area contributed by atoms with E-state index in [4.69, 9.17) is 9.47 Å². The van der Waals surface area contributed by atoms with Gasteiger partial charge in [-0.05, 0) is 25.7 Å². The molecule has 196 valence electrons. The van der Waals surface area contributed by atoms with E-state index in [1.165, 1.54) is 25.7 Å². The molecule has 0 radical (unpaired) electrons. The Balaban J connectivity index is 3.05. The normalized spacial score (nSPS) is 21.0. The third-order valence-corrected chi connectivity index (χ3v) is 6.20. The highest BCUT2D eigenvalue weighted by atomic mass is 16.5. The number of carbonyl (C=O) groups is 2. The Kier molecular flexibility index (Phi) is 14.4. The smallest absolute Gasteiger partial charge is 0.334 e. The van der Waals surface area contributed by atoms with Gasteiger partial charge < -0.3 is 19.7 Å². The topological polar surface area (TPSA) is 93.1 Å². The lowest BCUT2D eigenvalue weighted by Crippen LogP contribution is -2.26. The van der Waals surface area contributed by atoms with Crippen LogP contribution in [0.15, 0.2) is 23.3 Å². The number of allylic oxidation sites excluding steroid dienone is 2. The van der Waals surface area contributed by atoms with E-state index in [0.29, 0.717) is 24.0 Å². The van der Waals surface area contributed by atoms with Crippen LogP contribution in [0.2, 0.25) is 0 Å². The molecule has 0 atom stereocenters. The molecule has 0 aromatic carbocycles. The van der Waals surface area contributed by atoms with Crippen molar-refractivity contribution in [3.05, 3.63) is 23.3 Å². The molecule has 0 bridgehead atoms. The Labute approximate surface area is 206 Å². The van der Waals surface area contributed by atoms with Gasteiger partial charge in [-0.15, -0.1) is 0 Å². The highest BCUT2D eigenvalue weighted by Gasteiger charge is 2.22. The lowest BCUT2D eigenvalue weighted by Gasteiger charge is -2.21. The van der Waals surface area contributed by atoms with E-state index >= 15 is 0 Å². The van der Waals surface area contributed by atoms with Crippen molar-refractivity contribution in [2.24, 2.45) is 10.8 Å². The number of esters is 2. The molecule has 0 saturated heterocycles. The van der Waals surface area contributed by atoms with Crippen LogP contribution in [0.4, 0.5) is 0 Å². The zero-order valence-electron chi connectivity index (χ0n) is 22.0. The van der Waals surface area contributed by atoms with Gasteiger partial charge in [0.15, 0.2) is 0 Å². The van der Waals surface area contributed by atoms with Crippen LogP contribution in [0.1, 0.15) is 105 Å². The molecule has 0 spiro atoms. The third kappa shape index (κ3) is 13.3. The number of aliphatic hydroxyl groups excluding tert-OH is 2. The van der Waals surface area contributed by atoms with Gasteiger partial charge in [-0.25, -0.2) is 9.59 Å².